The Bertz CT molecular complexity index is 1360. The second-order valence-corrected chi connectivity index (χ2v) is 9.59. The summed E-state index contributed by atoms with van der Waals surface area (Å²) in [5.41, 5.74) is -1.12. The normalized spacial score (nSPS) is 12.8. The average molecular weight is 476 g/mol. The number of nitriles is 1. The zero-order chi connectivity index (χ0) is 24.6. The molecule has 0 aliphatic heterocycles. The van der Waals surface area contributed by atoms with Crippen molar-refractivity contribution in [3.63, 3.8) is 0 Å². The van der Waals surface area contributed by atoms with E-state index in [0.29, 0.717) is 5.69 Å². The van der Waals surface area contributed by atoms with Crippen molar-refractivity contribution >= 4 is 15.9 Å². The lowest BCUT2D eigenvalue weighted by Gasteiger charge is -2.20. The van der Waals surface area contributed by atoms with E-state index in [1.807, 2.05) is 0 Å². The van der Waals surface area contributed by atoms with Crippen LogP contribution in [-0.4, -0.2) is 13.0 Å². The molecule has 0 radical (unpaired) electrons. The van der Waals surface area contributed by atoms with Gasteiger partial charge in [0, 0.05) is 11.4 Å². The van der Waals surface area contributed by atoms with Gasteiger partial charge in [-0.15, -0.1) is 0 Å². The molecule has 3 rings (SSSR count). The number of allylic oxidation sites excluding steroid dienone is 1. The van der Waals surface area contributed by atoms with Crippen LogP contribution in [0.15, 0.2) is 64.4 Å². The smallest absolute Gasteiger partial charge is 0.314 e. The number of para-hydroxylation sites is 1. The molecular weight excluding hydrogens is 456 g/mol. The largest absolute Gasteiger partial charge is 0.418 e. The van der Waals surface area contributed by atoms with Gasteiger partial charge in [0.1, 0.15) is 16.8 Å². The lowest BCUT2D eigenvalue weighted by molar-refractivity contribution is -0.137. The zero-order valence-corrected chi connectivity index (χ0v) is 18.8. The molecule has 0 bridgehead atoms. The van der Waals surface area contributed by atoms with Crippen LogP contribution in [-0.2, 0) is 16.0 Å². The van der Waals surface area contributed by atoms with Crippen LogP contribution in [0.3, 0.4) is 0 Å². The van der Waals surface area contributed by atoms with Crippen LogP contribution < -0.4 is 0 Å². The lowest BCUT2D eigenvalue weighted by atomic mass is 10.1. The first kappa shape index (κ1) is 24.3. The maximum atomic E-state index is 14.8. The monoisotopic (exact) mass is 476 g/mol. The van der Waals surface area contributed by atoms with Crippen LogP contribution in [0.1, 0.15) is 42.3 Å². The van der Waals surface area contributed by atoms with Gasteiger partial charge in [-0.3, -0.25) is 0 Å². The molecule has 0 aliphatic rings. The fourth-order valence-corrected chi connectivity index (χ4v) is 4.70. The summed E-state index contributed by atoms with van der Waals surface area (Å²) in [6.45, 7) is 4.89. The summed E-state index contributed by atoms with van der Waals surface area (Å²) in [5.74, 6) is -1.40. The van der Waals surface area contributed by atoms with Gasteiger partial charge in [-0.2, -0.15) is 18.4 Å². The molecule has 0 fully saturated rings. The van der Waals surface area contributed by atoms with Gasteiger partial charge in [-0.05, 0) is 54.8 Å². The topological polar surface area (TPSA) is 62.9 Å². The lowest BCUT2D eigenvalue weighted by Crippen LogP contribution is -2.15. The van der Waals surface area contributed by atoms with Gasteiger partial charge in [0.05, 0.1) is 16.1 Å². The minimum Gasteiger partial charge on any atom is -0.314 e. The predicted octanol–water partition coefficient (Wildman–Crippen LogP) is 6.41. The Morgan fingerprint density at radius 1 is 1.09 bits per heavy atom. The Labute approximate surface area is 189 Å². The Kier molecular flexibility index (Phi) is 6.52. The maximum absolute atomic E-state index is 14.8. The molecule has 0 amide bonds. The molecule has 4 nitrogen and oxygen atoms in total. The number of alkyl halides is 3. The van der Waals surface area contributed by atoms with Crippen molar-refractivity contribution in [2.24, 2.45) is 0 Å². The van der Waals surface area contributed by atoms with Gasteiger partial charge in [0.25, 0.3) is 0 Å². The van der Waals surface area contributed by atoms with E-state index < -0.39 is 38.0 Å². The van der Waals surface area contributed by atoms with E-state index in [0.717, 1.165) is 28.8 Å². The van der Waals surface area contributed by atoms with Crippen LogP contribution in [0.4, 0.5) is 17.6 Å². The molecule has 9 heteroatoms. The second kappa shape index (κ2) is 8.87. The molecule has 1 aromatic heterocycles. The van der Waals surface area contributed by atoms with E-state index in [1.165, 1.54) is 37.3 Å². The molecule has 0 unspecified atom stereocenters. The van der Waals surface area contributed by atoms with Crippen molar-refractivity contribution in [1.82, 2.24) is 4.57 Å². The van der Waals surface area contributed by atoms with E-state index in [9.17, 15) is 31.2 Å². The number of sulfone groups is 1. The molecule has 0 spiro atoms. The van der Waals surface area contributed by atoms with Crippen molar-refractivity contribution < 1.29 is 26.0 Å². The highest BCUT2D eigenvalue weighted by molar-refractivity contribution is 7.95. The van der Waals surface area contributed by atoms with Crippen molar-refractivity contribution in [2.45, 2.75) is 37.8 Å². The summed E-state index contributed by atoms with van der Waals surface area (Å²) in [6.07, 6.45) is -3.71. The number of halogens is 4. The molecular formula is C24H20F4N2O2S. The third-order valence-electron chi connectivity index (χ3n) is 5.16. The van der Waals surface area contributed by atoms with Gasteiger partial charge >= 0.3 is 6.18 Å². The summed E-state index contributed by atoms with van der Waals surface area (Å²) < 4.78 is 82.7. The molecule has 0 saturated heterocycles. The van der Waals surface area contributed by atoms with E-state index in [-0.39, 0.29) is 22.1 Å². The highest BCUT2D eigenvalue weighted by Crippen LogP contribution is 2.38. The summed E-state index contributed by atoms with van der Waals surface area (Å²) in [4.78, 5) is -0.665. The SMILES string of the molecule is Cc1c(/C=C(\C#N)S(=O)(=O)c2ccccc2)cc(C(C)C)n1-c1c(F)cccc1C(F)(F)F. The van der Waals surface area contributed by atoms with Gasteiger partial charge in [-0.1, -0.05) is 38.1 Å². The standard InChI is InChI=1S/C24H20F4N2O2S/c1-15(2)22-13-17(12-19(14-29)33(31,32)18-8-5-4-6-9-18)16(3)30(22)23-20(24(26,27)28)10-7-11-21(23)25/h4-13,15H,1-3H3/b19-12+. The van der Waals surface area contributed by atoms with Crippen LogP contribution in [0.5, 0.6) is 0 Å². The summed E-state index contributed by atoms with van der Waals surface area (Å²) in [5, 5.41) is 9.56. The Morgan fingerprint density at radius 3 is 2.27 bits per heavy atom. The molecule has 172 valence electrons. The number of hydrogen-bond acceptors (Lipinski definition) is 3. The Morgan fingerprint density at radius 2 is 1.73 bits per heavy atom. The summed E-state index contributed by atoms with van der Waals surface area (Å²) in [6, 6.07) is 13.2. The maximum Gasteiger partial charge on any atom is 0.418 e. The van der Waals surface area contributed by atoms with Crippen LogP contribution in [0.25, 0.3) is 11.8 Å². The molecule has 0 aliphatic carbocycles. The highest BCUT2D eigenvalue weighted by atomic mass is 32.2. The average Bonchev–Trinajstić information content (AvgIpc) is 3.07. The van der Waals surface area contributed by atoms with Gasteiger partial charge in [0.2, 0.25) is 9.84 Å². The van der Waals surface area contributed by atoms with Gasteiger partial charge in [-0.25, -0.2) is 12.8 Å². The minimum absolute atomic E-state index is 0.0903. The van der Waals surface area contributed by atoms with Crippen molar-refractivity contribution in [3.8, 4) is 11.8 Å². The van der Waals surface area contributed by atoms with Crippen LogP contribution in [0.2, 0.25) is 0 Å². The van der Waals surface area contributed by atoms with Gasteiger partial charge < -0.3 is 4.57 Å². The minimum atomic E-state index is -4.81. The number of aromatic nitrogens is 1. The van der Waals surface area contributed by atoms with E-state index >= 15 is 0 Å². The van der Waals surface area contributed by atoms with Crippen molar-refractivity contribution in [2.75, 3.05) is 0 Å². The molecule has 2 aromatic carbocycles. The fraction of sp³-hybridized carbons (Fsp3) is 0.208. The quantitative estimate of drug-likeness (QED) is 0.316. The van der Waals surface area contributed by atoms with Gasteiger partial charge in [0.15, 0.2) is 0 Å². The molecule has 3 aromatic rings. The number of hydrogen-bond donors (Lipinski definition) is 0. The number of benzene rings is 2. The summed E-state index contributed by atoms with van der Waals surface area (Å²) >= 11 is 0. The molecule has 33 heavy (non-hydrogen) atoms. The molecule has 0 saturated carbocycles. The van der Waals surface area contributed by atoms with Crippen molar-refractivity contribution in [3.05, 3.63) is 87.8 Å². The third kappa shape index (κ3) is 4.57. The molecule has 1 heterocycles. The number of rotatable bonds is 5. The van der Waals surface area contributed by atoms with E-state index in [2.05, 4.69) is 0 Å². The number of nitrogens with zero attached hydrogens (tertiary/aromatic N) is 2. The highest BCUT2D eigenvalue weighted by Gasteiger charge is 2.36. The van der Waals surface area contributed by atoms with Crippen LogP contribution in [0, 0.1) is 24.1 Å². The summed E-state index contributed by atoms with van der Waals surface area (Å²) in [7, 11) is -4.16. The first-order valence-corrected chi connectivity index (χ1v) is 11.4. The van der Waals surface area contributed by atoms with Crippen molar-refractivity contribution in [1.29, 1.82) is 5.26 Å². The predicted molar refractivity (Wildman–Crippen MR) is 117 cm³/mol. The van der Waals surface area contributed by atoms with E-state index in [1.54, 1.807) is 26.0 Å². The fourth-order valence-electron chi connectivity index (χ4n) is 3.53. The van der Waals surface area contributed by atoms with E-state index in [4.69, 9.17) is 0 Å². The first-order valence-electron chi connectivity index (χ1n) is 9.89. The Hall–Kier alpha value is -3.38. The van der Waals surface area contributed by atoms with Crippen LogP contribution >= 0.6 is 0 Å². The first-order chi connectivity index (χ1) is 15.4. The second-order valence-electron chi connectivity index (χ2n) is 7.67. The third-order valence-corrected chi connectivity index (χ3v) is 6.84. The molecule has 0 atom stereocenters. The Balaban J connectivity index is 2.30. The zero-order valence-electron chi connectivity index (χ0n) is 18.0. The molecule has 0 N–H and O–H groups in total.